The van der Waals surface area contributed by atoms with Gasteiger partial charge in [0.15, 0.2) is 0 Å². The second-order valence-electron chi connectivity index (χ2n) is 7.76. The number of halogens is 1. The van der Waals surface area contributed by atoms with Crippen molar-refractivity contribution in [2.24, 2.45) is 11.8 Å². The fraction of sp³-hybridized carbons (Fsp3) is 0.600. The summed E-state index contributed by atoms with van der Waals surface area (Å²) in [6.07, 6.45) is 0. The predicted octanol–water partition coefficient (Wildman–Crippen LogP) is 3.13. The van der Waals surface area contributed by atoms with Crippen molar-refractivity contribution in [1.82, 2.24) is 9.80 Å². The van der Waals surface area contributed by atoms with Crippen LogP contribution < -0.4 is 4.90 Å². The van der Waals surface area contributed by atoms with Gasteiger partial charge in [-0.05, 0) is 30.0 Å². The van der Waals surface area contributed by atoms with Gasteiger partial charge in [0.1, 0.15) is 0 Å². The molecule has 0 unspecified atom stereocenters. The zero-order valence-corrected chi connectivity index (χ0v) is 17.0. The number of amides is 2. The summed E-state index contributed by atoms with van der Waals surface area (Å²) in [6.45, 7) is 12.0. The first kappa shape index (κ1) is 20.6. The monoisotopic (exact) mass is 379 g/mol. The van der Waals surface area contributed by atoms with Crippen LogP contribution in [0.15, 0.2) is 24.3 Å². The van der Waals surface area contributed by atoms with E-state index in [-0.39, 0.29) is 11.8 Å². The van der Waals surface area contributed by atoms with Crippen LogP contribution in [0.4, 0.5) is 5.69 Å². The average Bonchev–Trinajstić information content (AvgIpc) is 2.59. The second-order valence-corrected chi connectivity index (χ2v) is 8.19. The van der Waals surface area contributed by atoms with Crippen LogP contribution in [0.3, 0.4) is 0 Å². The van der Waals surface area contributed by atoms with E-state index in [9.17, 15) is 9.59 Å². The Morgan fingerprint density at radius 3 is 2.12 bits per heavy atom. The third-order valence-electron chi connectivity index (χ3n) is 4.38. The van der Waals surface area contributed by atoms with Gasteiger partial charge in [-0.2, -0.15) is 0 Å². The van der Waals surface area contributed by atoms with Crippen molar-refractivity contribution in [1.29, 1.82) is 0 Å². The van der Waals surface area contributed by atoms with E-state index in [2.05, 4.69) is 32.6 Å². The molecule has 0 aliphatic carbocycles. The lowest BCUT2D eigenvalue weighted by Gasteiger charge is -2.37. The van der Waals surface area contributed by atoms with E-state index in [1.165, 1.54) is 0 Å². The van der Waals surface area contributed by atoms with Gasteiger partial charge in [-0.1, -0.05) is 45.4 Å². The molecule has 0 aromatic heterocycles. The molecular weight excluding hydrogens is 350 g/mol. The Bertz CT molecular complexity index is 615. The molecule has 1 fully saturated rings. The summed E-state index contributed by atoms with van der Waals surface area (Å²) in [5.74, 6) is -0.0731. The molecule has 144 valence electrons. The summed E-state index contributed by atoms with van der Waals surface area (Å²) in [5.41, 5.74) is 1.05. The SMILES string of the molecule is CC(C)CN(CC(C)C)C(=O)C(=O)N1CCN(c2cccc(Cl)c2)CC1. The Labute approximate surface area is 161 Å². The van der Waals surface area contributed by atoms with E-state index < -0.39 is 0 Å². The molecule has 1 aromatic rings. The highest BCUT2D eigenvalue weighted by Gasteiger charge is 2.30. The van der Waals surface area contributed by atoms with Crippen molar-refractivity contribution < 1.29 is 9.59 Å². The van der Waals surface area contributed by atoms with E-state index in [1.807, 2.05) is 24.3 Å². The molecule has 26 heavy (non-hydrogen) atoms. The molecule has 1 aromatic carbocycles. The van der Waals surface area contributed by atoms with E-state index >= 15 is 0 Å². The van der Waals surface area contributed by atoms with Crippen LogP contribution in [0, 0.1) is 11.8 Å². The summed E-state index contributed by atoms with van der Waals surface area (Å²) in [7, 11) is 0. The van der Waals surface area contributed by atoms with Crippen molar-refractivity contribution in [2.45, 2.75) is 27.7 Å². The lowest BCUT2D eigenvalue weighted by molar-refractivity contribution is -0.152. The molecule has 0 atom stereocenters. The lowest BCUT2D eigenvalue weighted by Crippen LogP contribution is -2.54. The number of benzene rings is 1. The molecule has 1 aliphatic heterocycles. The second kappa shape index (κ2) is 9.26. The highest BCUT2D eigenvalue weighted by Crippen LogP contribution is 2.21. The third kappa shape index (κ3) is 5.63. The maximum Gasteiger partial charge on any atom is 0.312 e. The quantitative estimate of drug-likeness (QED) is 0.738. The zero-order valence-electron chi connectivity index (χ0n) is 16.2. The molecule has 0 saturated carbocycles. The summed E-state index contributed by atoms with van der Waals surface area (Å²) in [6, 6.07) is 7.72. The standard InChI is InChI=1S/C20H30ClN3O2/c1-15(2)13-24(14-16(3)4)20(26)19(25)23-10-8-22(9-11-23)18-7-5-6-17(21)12-18/h5-7,12,15-16H,8-11,13-14H2,1-4H3. The van der Waals surface area contributed by atoms with Crippen LogP contribution in [0.2, 0.25) is 5.02 Å². The van der Waals surface area contributed by atoms with Gasteiger partial charge >= 0.3 is 11.8 Å². The predicted molar refractivity (Wildman–Crippen MR) is 107 cm³/mol. The van der Waals surface area contributed by atoms with Crippen LogP contribution in [-0.2, 0) is 9.59 Å². The molecule has 0 spiro atoms. The number of rotatable bonds is 5. The minimum absolute atomic E-state index is 0.338. The van der Waals surface area contributed by atoms with Crippen molar-refractivity contribution in [3.8, 4) is 0 Å². The Morgan fingerprint density at radius 1 is 1.04 bits per heavy atom. The number of carbonyl (C=O) groups excluding carboxylic acids is 2. The molecule has 6 heteroatoms. The van der Waals surface area contributed by atoms with E-state index in [4.69, 9.17) is 11.6 Å². The van der Waals surface area contributed by atoms with Gasteiger partial charge in [0.25, 0.3) is 0 Å². The van der Waals surface area contributed by atoms with Gasteiger partial charge in [0, 0.05) is 50.0 Å². The Hall–Kier alpha value is -1.75. The van der Waals surface area contributed by atoms with E-state index in [0.717, 1.165) is 5.69 Å². The molecule has 5 nitrogen and oxygen atoms in total. The largest absolute Gasteiger partial charge is 0.368 e. The summed E-state index contributed by atoms with van der Waals surface area (Å²) in [5, 5.41) is 0.703. The Kier molecular flexibility index (Phi) is 7.33. The van der Waals surface area contributed by atoms with Gasteiger partial charge in [0.05, 0.1) is 0 Å². The topological polar surface area (TPSA) is 43.9 Å². The number of piperazine rings is 1. The van der Waals surface area contributed by atoms with Crippen molar-refractivity contribution in [3.05, 3.63) is 29.3 Å². The number of hydrogen-bond donors (Lipinski definition) is 0. The first-order valence-corrected chi connectivity index (χ1v) is 9.74. The van der Waals surface area contributed by atoms with Crippen LogP contribution in [0.25, 0.3) is 0 Å². The third-order valence-corrected chi connectivity index (χ3v) is 4.62. The smallest absolute Gasteiger partial charge is 0.312 e. The lowest BCUT2D eigenvalue weighted by atomic mass is 10.1. The van der Waals surface area contributed by atoms with Crippen LogP contribution in [-0.4, -0.2) is 60.9 Å². The van der Waals surface area contributed by atoms with Gasteiger partial charge < -0.3 is 14.7 Å². The molecule has 0 radical (unpaired) electrons. The van der Waals surface area contributed by atoms with Gasteiger partial charge in [-0.15, -0.1) is 0 Å². The number of hydrogen-bond acceptors (Lipinski definition) is 3. The summed E-state index contributed by atoms with van der Waals surface area (Å²) in [4.78, 5) is 31.0. The highest BCUT2D eigenvalue weighted by atomic mass is 35.5. The Balaban J connectivity index is 1.96. The minimum atomic E-state index is -0.378. The number of anilines is 1. The molecule has 1 saturated heterocycles. The minimum Gasteiger partial charge on any atom is -0.368 e. The van der Waals surface area contributed by atoms with Crippen LogP contribution >= 0.6 is 11.6 Å². The van der Waals surface area contributed by atoms with Crippen molar-refractivity contribution >= 4 is 29.1 Å². The highest BCUT2D eigenvalue weighted by molar-refractivity contribution is 6.35. The molecular formula is C20H30ClN3O2. The van der Waals surface area contributed by atoms with Crippen molar-refractivity contribution in [2.75, 3.05) is 44.2 Å². The van der Waals surface area contributed by atoms with Gasteiger partial charge in [-0.3, -0.25) is 9.59 Å². The van der Waals surface area contributed by atoms with E-state index in [1.54, 1.807) is 9.80 Å². The Morgan fingerprint density at radius 2 is 1.62 bits per heavy atom. The molecule has 0 N–H and O–H groups in total. The van der Waals surface area contributed by atoms with E-state index in [0.29, 0.717) is 56.1 Å². The van der Waals surface area contributed by atoms with Gasteiger partial charge in [-0.25, -0.2) is 0 Å². The van der Waals surface area contributed by atoms with Crippen molar-refractivity contribution in [3.63, 3.8) is 0 Å². The normalized spacial score (nSPS) is 14.9. The molecule has 1 aliphatic rings. The first-order chi connectivity index (χ1) is 12.3. The number of nitrogens with zero attached hydrogens (tertiary/aromatic N) is 3. The summed E-state index contributed by atoms with van der Waals surface area (Å²) >= 11 is 6.06. The van der Waals surface area contributed by atoms with Crippen LogP contribution in [0.5, 0.6) is 0 Å². The molecule has 2 rings (SSSR count). The van der Waals surface area contributed by atoms with Crippen LogP contribution in [0.1, 0.15) is 27.7 Å². The average molecular weight is 380 g/mol. The zero-order chi connectivity index (χ0) is 19.3. The maximum atomic E-state index is 12.7. The molecule has 2 amide bonds. The van der Waals surface area contributed by atoms with Gasteiger partial charge in [0.2, 0.25) is 0 Å². The fourth-order valence-electron chi connectivity index (χ4n) is 3.23. The molecule has 0 bridgehead atoms. The maximum absolute atomic E-state index is 12.7. The fourth-order valence-corrected chi connectivity index (χ4v) is 3.42. The number of carbonyl (C=O) groups is 2. The summed E-state index contributed by atoms with van der Waals surface area (Å²) < 4.78 is 0. The first-order valence-electron chi connectivity index (χ1n) is 9.36. The molecule has 1 heterocycles.